The van der Waals surface area contributed by atoms with E-state index in [0.717, 1.165) is 11.3 Å². The second-order valence-corrected chi connectivity index (χ2v) is 14.4. The molecule has 2 aromatic rings. The molecule has 246 valence electrons. The Hall–Kier alpha value is -2.40. The average Bonchev–Trinajstić information content (AvgIpc) is 3.49. The van der Waals surface area contributed by atoms with Crippen LogP contribution >= 0.6 is 11.3 Å². The summed E-state index contributed by atoms with van der Waals surface area (Å²) in [6.45, 7) is -0.317. The highest BCUT2D eigenvalue weighted by molar-refractivity contribution is 7.91. The summed E-state index contributed by atoms with van der Waals surface area (Å²) in [7, 11) is -3.41. The van der Waals surface area contributed by atoms with Crippen molar-refractivity contribution in [2.45, 2.75) is 62.4 Å². The molecule has 1 aromatic heterocycles. The van der Waals surface area contributed by atoms with Crippen molar-refractivity contribution in [1.29, 1.82) is 0 Å². The number of rotatable bonds is 12. The van der Waals surface area contributed by atoms with E-state index in [2.05, 4.69) is 19.9 Å². The Morgan fingerprint density at radius 1 is 1.16 bits per heavy atom. The largest absolute Gasteiger partial charge is 0.394 e. The van der Waals surface area contributed by atoms with Crippen molar-refractivity contribution < 1.29 is 45.0 Å². The molecule has 1 aliphatic carbocycles. The van der Waals surface area contributed by atoms with E-state index in [0.29, 0.717) is 49.7 Å². The smallest absolute Gasteiger partial charge is 0.391 e. The van der Waals surface area contributed by atoms with Crippen LogP contribution in [0.3, 0.4) is 0 Å². The number of aromatic nitrogens is 1. The summed E-state index contributed by atoms with van der Waals surface area (Å²) in [5.74, 6) is -1.75. The van der Waals surface area contributed by atoms with Crippen LogP contribution in [0.15, 0.2) is 35.4 Å². The van der Waals surface area contributed by atoms with Crippen LogP contribution in [-0.4, -0.2) is 93.3 Å². The van der Waals surface area contributed by atoms with Gasteiger partial charge in [-0.15, -0.1) is 0 Å². The first-order valence-electron chi connectivity index (χ1n) is 14.5. The van der Waals surface area contributed by atoms with Crippen molar-refractivity contribution in [3.05, 3.63) is 40.9 Å². The quantitative estimate of drug-likeness (QED) is 0.318. The molecule has 0 bridgehead atoms. The summed E-state index contributed by atoms with van der Waals surface area (Å²) in [5.41, 5.74) is 0.507. The number of nitrogens with zero attached hydrogens (tertiary/aromatic N) is 3. The number of carbonyl (C=O) groups is 1. The van der Waals surface area contributed by atoms with E-state index in [9.17, 15) is 40.3 Å². The molecule has 0 radical (unpaired) electrons. The first kappa shape index (κ1) is 34.5. The standard InChI is InChI=1S/C28H37F5N4O5S2/c1-2-44(40,41)22-9-5-19(6-10-22)23(16-38)35-25(39)24-13-34-27(43-24)37-12-11-36(15-21(37)17-42-26(29)30)14-18-3-7-20(8-4-18)28(31,32)33/h5-6,9-10,13,18,20-21,23,26,38H,2-4,7-8,11-12,14-17H2,1H3,(H,35,39)/t18?,20?,21?,23-/m0/s1. The van der Waals surface area contributed by atoms with Gasteiger partial charge in [-0.05, 0) is 49.3 Å². The van der Waals surface area contributed by atoms with Gasteiger partial charge in [0.05, 0.1) is 48.1 Å². The van der Waals surface area contributed by atoms with E-state index < -0.39 is 53.1 Å². The van der Waals surface area contributed by atoms with Gasteiger partial charge in [0, 0.05) is 26.2 Å². The molecule has 2 heterocycles. The van der Waals surface area contributed by atoms with Crippen LogP contribution < -0.4 is 10.2 Å². The van der Waals surface area contributed by atoms with Crippen LogP contribution in [0.25, 0.3) is 0 Å². The summed E-state index contributed by atoms with van der Waals surface area (Å²) < 4.78 is 93.9. The van der Waals surface area contributed by atoms with E-state index in [1.807, 2.05) is 0 Å². The van der Waals surface area contributed by atoms with Crippen molar-refractivity contribution in [2.24, 2.45) is 11.8 Å². The van der Waals surface area contributed by atoms with Crippen molar-refractivity contribution in [2.75, 3.05) is 50.0 Å². The van der Waals surface area contributed by atoms with Gasteiger partial charge in [0.1, 0.15) is 4.88 Å². The number of anilines is 1. The van der Waals surface area contributed by atoms with E-state index in [-0.39, 0.29) is 40.9 Å². The second kappa shape index (κ2) is 14.8. The van der Waals surface area contributed by atoms with Crippen molar-refractivity contribution in [3.8, 4) is 0 Å². The van der Waals surface area contributed by atoms with E-state index in [1.54, 1.807) is 4.90 Å². The van der Waals surface area contributed by atoms with Crippen molar-refractivity contribution >= 4 is 32.2 Å². The number of thiazole rings is 1. The van der Waals surface area contributed by atoms with Gasteiger partial charge in [0.25, 0.3) is 5.91 Å². The van der Waals surface area contributed by atoms with Gasteiger partial charge in [-0.2, -0.15) is 22.0 Å². The molecular formula is C28H37F5N4O5S2. The van der Waals surface area contributed by atoms with Crippen LogP contribution in [0.2, 0.25) is 0 Å². The third kappa shape index (κ3) is 8.86. The van der Waals surface area contributed by atoms with Crippen molar-refractivity contribution in [3.63, 3.8) is 0 Å². The van der Waals surface area contributed by atoms with E-state index in [4.69, 9.17) is 0 Å². The summed E-state index contributed by atoms with van der Waals surface area (Å²) in [5, 5.41) is 13.0. The highest BCUT2D eigenvalue weighted by Gasteiger charge is 2.42. The average molecular weight is 669 g/mol. The molecule has 0 spiro atoms. The minimum atomic E-state index is -4.18. The fourth-order valence-corrected chi connectivity index (χ4v) is 7.54. The highest BCUT2D eigenvalue weighted by Crippen LogP contribution is 2.40. The Morgan fingerprint density at radius 2 is 1.84 bits per heavy atom. The first-order chi connectivity index (χ1) is 20.8. The number of piperazine rings is 1. The Kier molecular flexibility index (Phi) is 11.6. The normalized spacial score (nSPS) is 22.7. The van der Waals surface area contributed by atoms with Gasteiger partial charge >= 0.3 is 12.8 Å². The van der Waals surface area contributed by atoms with Crippen LogP contribution in [0.5, 0.6) is 0 Å². The topological polar surface area (TPSA) is 112 Å². The summed E-state index contributed by atoms with van der Waals surface area (Å²) in [6.07, 6.45) is -1.70. The molecule has 2 aliphatic rings. The van der Waals surface area contributed by atoms with Crippen LogP contribution in [0, 0.1) is 11.8 Å². The zero-order chi connectivity index (χ0) is 32.1. The zero-order valence-electron chi connectivity index (χ0n) is 24.2. The van der Waals surface area contributed by atoms with Crippen LogP contribution in [0.4, 0.5) is 27.1 Å². The maximum atomic E-state index is 13.1. The molecule has 2 N–H and O–H groups in total. The summed E-state index contributed by atoms with van der Waals surface area (Å²) in [6, 6.07) is 4.56. The molecule has 1 amide bonds. The number of sulfone groups is 1. The third-order valence-corrected chi connectivity index (χ3v) is 11.1. The predicted molar refractivity (Wildman–Crippen MR) is 155 cm³/mol. The molecule has 9 nitrogen and oxygen atoms in total. The molecule has 4 rings (SSSR count). The Balaban J connectivity index is 1.38. The predicted octanol–water partition coefficient (Wildman–Crippen LogP) is 4.50. The molecule has 16 heteroatoms. The number of carbonyl (C=O) groups excluding carboxylic acids is 1. The SMILES string of the molecule is CCS(=O)(=O)c1ccc([C@H](CO)NC(=O)c2cnc(N3CCN(CC4CCC(C(F)(F)F)CC4)CC3COC(F)F)s2)cc1. The molecule has 44 heavy (non-hydrogen) atoms. The number of alkyl halides is 5. The van der Waals surface area contributed by atoms with Gasteiger partial charge in [-0.3, -0.25) is 9.69 Å². The van der Waals surface area contributed by atoms with Gasteiger partial charge in [0.2, 0.25) is 0 Å². The second-order valence-electron chi connectivity index (χ2n) is 11.1. The van der Waals surface area contributed by atoms with Gasteiger partial charge in [-0.25, -0.2) is 13.4 Å². The lowest BCUT2D eigenvalue weighted by Crippen LogP contribution is -2.56. The minimum absolute atomic E-state index is 0.0589. The number of hydrogen-bond donors (Lipinski definition) is 2. The van der Waals surface area contributed by atoms with Gasteiger partial charge in [-0.1, -0.05) is 30.4 Å². The number of aliphatic hydroxyl groups is 1. The molecule has 1 saturated carbocycles. The summed E-state index contributed by atoms with van der Waals surface area (Å²) in [4.78, 5) is 21.6. The van der Waals surface area contributed by atoms with E-state index in [1.165, 1.54) is 37.4 Å². The molecule has 2 fully saturated rings. The van der Waals surface area contributed by atoms with Gasteiger partial charge < -0.3 is 20.1 Å². The number of aliphatic hydroxyl groups excluding tert-OH is 1. The summed E-state index contributed by atoms with van der Waals surface area (Å²) >= 11 is 1.06. The van der Waals surface area contributed by atoms with Crippen LogP contribution in [-0.2, 0) is 14.6 Å². The maximum Gasteiger partial charge on any atom is 0.391 e. The number of ether oxygens (including phenoxy) is 1. The fraction of sp³-hybridized carbons (Fsp3) is 0.643. The zero-order valence-corrected chi connectivity index (χ0v) is 25.8. The maximum absolute atomic E-state index is 13.1. The number of halogens is 5. The third-order valence-electron chi connectivity index (χ3n) is 8.28. The molecule has 2 atom stereocenters. The fourth-order valence-electron chi connectivity index (χ4n) is 5.74. The Bertz CT molecular complexity index is 1330. The first-order valence-corrected chi connectivity index (χ1v) is 16.9. The van der Waals surface area contributed by atoms with Gasteiger partial charge in [0.15, 0.2) is 15.0 Å². The number of hydrogen-bond acceptors (Lipinski definition) is 9. The van der Waals surface area contributed by atoms with E-state index >= 15 is 0 Å². The number of benzene rings is 1. The molecule has 1 unspecified atom stereocenters. The molecular weight excluding hydrogens is 631 g/mol. The van der Waals surface area contributed by atoms with Crippen LogP contribution in [0.1, 0.15) is 53.9 Å². The lowest BCUT2D eigenvalue weighted by Gasteiger charge is -2.43. The van der Waals surface area contributed by atoms with Crippen molar-refractivity contribution in [1.82, 2.24) is 15.2 Å². The molecule has 1 aliphatic heterocycles. The number of amides is 1. The highest BCUT2D eigenvalue weighted by atomic mass is 32.2. The Labute approximate surface area is 257 Å². The monoisotopic (exact) mass is 668 g/mol. The Morgan fingerprint density at radius 3 is 2.43 bits per heavy atom. The lowest BCUT2D eigenvalue weighted by molar-refractivity contribution is -0.184. The lowest BCUT2D eigenvalue weighted by atomic mass is 9.81. The molecule has 1 saturated heterocycles. The number of nitrogens with one attached hydrogen (secondary N) is 1. The molecule has 1 aromatic carbocycles. The minimum Gasteiger partial charge on any atom is -0.394 e.